The van der Waals surface area contributed by atoms with Crippen LogP contribution in [0.2, 0.25) is 0 Å². The summed E-state index contributed by atoms with van der Waals surface area (Å²) in [7, 11) is 5.44. The molecule has 0 saturated heterocycles. The summed E-state index contributed by atoms with van der Waals surface area (Å²) in [6, 6.07) is 0. The molecule has 0 saturated carbocycles. The van der Waals surface area contributed by atoms with E-state index < -0.39 is 5.97 Å². The van der Waals surface area contributed by atoms with Crippen LogP contribution in [0.15, 0.2) is 31.1 Å². The average Bonchev–Trinajstić information content (AvgIpc) is 3.68. The zero-order valence-electron chi connectivity index (χ0n) is 37.7. The Morgan fingerprint density at radius 3 is 1.00 bits per heavy atom. The molecule has 0 aromatic carbocycles. The Morgan fingerprint density at radius 2 is 0.763 bits per heavy atom. The van der Waals surface area contributed by atoms with Crippen LogP contribution in [0.5, 0.6) is 0 Å². The normalized spacial score (nSPS) is 17.0. The van der Waals surface area contributed by atoms with E-state index in [4.69, 9.17) is 0 Å². The number of allylic oxidation sites excluding steroid dienone is 5. The maximum Gasteiger partial charge on any atom is 0.332 e. The fourth-order valence-electron chi connectivity index (χ4n) is 8.34. The number of halogens is 6. The number of alkyl halides is 6. The van der Waals surface area contributed by atoms with E-state index in [9.17, 15) is 24.3 Å². The van der Waals surface area contributed by atoms with Crippen LogP contribution in [0.4, 0.5) is 0 Å². The molecule has 3 aliphatic carbocycles. The lowest BCUT2D eigenvalue weighted by atomic mass is 9.93. The molecular weight excluding hydrogens is 1420 g/mol. The highest BCUT2D eigenvalue weighted by Gasteiger charge is 2.35. The van der Waals surface area contributed by atoms with Gasteiger partial charge >= 0.3 is 5.97 Å². The Balaban J connectivity index is 0.000000402. The highest BCUT2D eigenvalue weighted by Crippen LogP contribution is 2.44. The van der Waals surface area contributed by atoms with Crippen molar-refractivity contribution in [2.45, 2.75) is 115 Å². The first-order valence-corrected chi connectivity index (χ1v) is 28.0. The number of fused-ring (bicyclic) bond motifs is 3. The Labute approximate surface area is 434 Å². The molecule has 6 rings (SSSR count). The molecule has 3 heterocycles. The summed E-state index contributed by atoms with van der Waals surface area (Å²) in [5.74, 6) is -0.370. The molecule has 0 spiro atoms. The largest absolute Gasteiger partial charge is 0.478 e. The molecule has 3 aromatic rings. The number of aliphatic carboxylic acids is 1. The summed E-state index contributed by atoms with van der Waals surface area (Å²) in [6.45, 7) is 28.5. The molecular formula is C45H61I6N3O5. The first kappa shape index (κ1) is 56.9. The number of hydrogen-bond donors (Lipinski definition) is 1. The van der Waals surface area contributed by atoms with Crippen LogP contribution in [0.1, 0.15) is 140 Å². The van der Waals surface area contributed by atoms with Gasteiger partial charge in [0.2, 0.25) is 0 Å². The smallest absolute Gasteiger partial charge is 0.332 e. The van der Waals surface area contributed by atoms with Gasteiger partial charge < -0.3 is 18.8 Å². The molecule has 0 fully saturated rings. The topological polar surface area (TPSA) is 103 Å². The van der Waals surface area contributed by atoms with Gasteiger partial charge in [0.05, 0.1) is 2.43 Å². The van der Waals surface area contributed by atoms with Gasteiger partial charge in [-0.25, -0.2) is 4.79 Å². The zero-order chi connectivity index (χ0) is 46.5. The van der Waals surface area contributed by atoms with Gasteiger partial charge in [0.1, 0.15) is -0.0619 Å². The number of rotatable bonds is 1. The molecule has 3 aliphatic rings. The van der Waals surface area contributed by atoms with Crippen LogP contribution in [-0.2, 0) is 25.9 Å². The standard InChI is InChI=1S/C14H17NO3.2C14H19NO.CHI3.CH2I2.CH3I/c1-6-9(4)15(5)13(16)12-8(3)11(14(17)18)7(2)10(6)12;2*1-7-8(2)12-10(4)11(5)15(6)14(16)13(12)9(7)3;2-1(3)4;2-1-3;1-2/h7H,1-5H3,(H,17,18);2*8H,1-6H3;1H;1H2;1H3. The quantitative estimate of drug-likeness (QED) is 0.193. The van der Waals surface area contributed by atoms with Crippen LogP contribution >= 0.6 is 136 Å². The Morgan fingerprint density at radius 1 is 0.542 bits per heavy atom. The first-order chi connectivity index (χ1) is 27.2. The Hall–Kier alpha value is -0.0800. The number of carboxylic acid groups (broad SMARTS) is 1. The van der Waals surface area contributed by atoms with E-state index in [1.807, 2.05) is 53.6 Å². The van der Waals surface area contributed by atoms with Gasteiger partial charge in [-0.1, -0.05) is 167 Å². The molecule has 328 valence electrons. The number of carbonyl (C=O) groups is 1. The van der Waals surface area contributed by atoms with E-state index >= 15 is 0 Å². The van der Waals surface area contributed by atoms with Crippen LogP contribution in [-0.4, -0.2) is 32.1 Å². The van der Waals surface area contributed by atoms with E-state index in [1.54, 1.807) is 27.7 Å². The molecule has 0 radical (unpaired) electrons. The first-order valence-electron chi connectivity index (χ1n) is 19.0. The average molecular weight is 1490 g/mol. The number of pyridine rings is 3. The minimum absolute atomic E-state index is 0.103. The van der Waals surface area contributed by atoms with E-state index in [0.29, 0.717) is 28.5 Å². The number of nitrogens with zero attached hydrogens (tertiary/aromatic N) is 3. The van der Waals surface area contributed by atoms with Crippen molar-refractivity contribution in [1.29, 1.82) is 0 Å². The molecule has 0 bridgehead atoms. The summed E-state index contributed by atoms with van der Waals surface area (Å²) in [5, 5.41) is 9.28. The van der Waals surface area contributed by atoms with Crippen molar-refractivity contribution in [3.8, 4) is 0 Å². The molecule has 14 heteroatoms. The molecule has 59 heavy (non-hydrogen) atoms. The molecule has 3 unspecified atom stereocenters. The molecule has 1 N–H and O–H groups in total. The monoisotopic (exact) mass is 1480 g/mol. The van der Waals surface area contributed by atoms with Gasteiger partial charge in [0.25, 0.3) is 16.7 Å². The second-order valence-corrected chi connectivity index (χ2v) is 30.4. The fraction of sp³-hybridized carbons (Fsp3) is 0.511. The van der Waals surface area contributed by atoms with Crippen molar-refractivity contribution in [2.75, 3.05) is 7.36 Å². The van der Waals surface area contributed by atoms with Crippen molar-refractivity contribution >= 4 is 158 Å². The van der Waals surface area contributed by atoms with Crippen molar-refractivity contribution in [2.24, 2.45) is 21.1 Å². The van der Waals surface area contributed by atoms with Gasteiger partial charge in [-0.2, -0.15) is 0 Å². The van der Waals surface area contributed by atoms with Crippen LogP contribution in [0.3, 0.4) is 0 Å². The number of aromatic nitrogens is 3. The Bertz CT molecular complexity index is 2270. The lowest BCUT2D eigenvalue weighted by molar-refractivity contribution is -0.132. The minimum atomic E-state index is -0.935. The number of carboxylic acids is 1. The highest BCUT2D eigenvalue weighted by atomic mass is 127. The van der Waals surface area contributed by atoms with Gasteiger partial charge in [0.15, 0.2) is 0 Å². The summed E-state index contributed by atoms with van der Waals surface area (Å²) < 4.78 is 7.06. The van der Waals surface area contributed by atoms with E-state index in [2.05, 4.69) is 191 Å². The maximum absolute atomic E-state index is 12.3. The molecule has 3 aromatic heterocycles. The van der Waals surface area contributed by atoms with Crippen molar-refractivity contribution < 1.29 is 9.90 Å². The van der Waals surface area contributed by atoms with Crippen molar-refractivity contribution in [1.82, 2.24) is 13.7 Å². The lowest BCUT2D eigenvalue weighted by Crippen LogP contribution is -2.24. The minimum Gasteiger partial charge on any atom is -0.478 e. The summed E-state index contributed by atoms with van der Waals surface area (Å²) in [5.41, 5.74) is 18.6. The van der Waals surface area contributed by atoms with Gasteiger partial charge in [-0.3, -0.25) is 14.4 Å². The summed E-state index contributed by atoms with van der Waals surface area (Å²) in [4.78, 5) is 50.1. The summed E-state index contributed by atoms with van der Waals surface area (Å²) >= 11 is 13.6. The van der Waals surface area contributed by atoms with Crippen LogP contribution < -0.4 is 16.7 Å². The molecule has 0 aliphatic heterocycles. The van der Waals surface area contributed by atoms with Crippen molar-refractivity contribution in [3.05, 3.63) is 115 Å². The fourth-order valence-corrected chi connectivity index (χ4v) is 8.34. The summed E-state index contributed by atoms with van der Waals surface area (Å²) in [6.07, 6.45) is 0. The molecule has 3 atom stereocenters. The zero-order valence-corrected chi connectivity index (χ0v) is 50.7. The predicted molar refractivity (Wildman–Crippen MR) is 304 cm³/mol. The van der Waals surface area contributed by atoms with Crippen molar-refractivity contribution in [3.63, 3.8) is 0 Å². The third-order valence-electron chi connectivity index (χ3n) is 12.7. The molecule has 0 amide bonds. The van der Waals surface area contributed by atoms with Gasteiger partial charge in [0, 0.05) is 78.2 Å². The maximum atomic E-state index is 12.3. The van der Waals surface area contributed by atoms with Gasteiger partial charge in [-0.15, -0.1) is 0 Å². The third-order valence-corrected chi connectivity index (χ3v) is 12.7. The second kappa shape index (κ2) is 24.3. The molecule has 8 nitrogen and oxygen atoms in total. The van der Waals surface area contributed by atoms with Crippen LogP contribution in [0, 0.1) is 41.5 Å². The van der Waals surface area contributed by atoms with E-state index in [-0.39, 0.29) is 22.6 Å². The van der Waals surface area contributed by atoms with Crippen LogP contribution in [0.25, 0.3) is 16.7 Å². The predicted octanol–water partition coefficient (Wildman–Crippen LogP) is 13.2. The SMILES string of the molecule is CC1=C(C(=O)O)C(C)c2c(C)c(C)n(C)c(=O)c21.CC1=C(C)C(C)c2c(C)c(C)n(C)c(=O)c21.CC1=C(C)C(C)c2c(C)c(C)n(C)c(=O)c21.CI.IC(I)I.ICI. The lowest BCUT2D eigenvalue weighted by Gasteiger charge is -2.16. The highest BCUT2D eigenvalue weighted by molar-refractivity contribution is 14.3. The third kappa shape index (κ3) is 11.8. The Kier molecular flexibility index (Phi) is 23.4. The number of hydrogen-bond acceptors (Lipinski definition) is 4. The van der Waals surface area contributed by atoms with Gasteiger partial charge in [-0.05, 0) is 131 Å². The van der Waals surface area contributed by atoms with E-state index in [0.717, 1.165) is 39.3 Å². The van der Waals surface area contributed by atoms with E-state index in [1.165, 1.54) is 47.0 Å². The second-order valence-electron chi connectivity index (χ2n) is 15.1.